The van der Waals surface area contributed by atoms with Crippen LogP contribution >= 0.6 is 0 Å². The Hall–Kier alpha value is -2.67. The molecule has 148 valence electrons. The second-order valence-electron chi connectivity index (χ2n) is 7.78. The lowest BCUT2D eigenvalue weighted by Gasteiger charge is -2.35. The molecular formula is C21H27N5O2. The Labute approximate surface area is 165 Å². The first-order chi connectivity index (χ1) is 13.6. The van der Waals surface area contributed by atoms with Crippen LogP contribution in [0.2, 0.25) is 0 Å². The summed E-state index contributed by atoms with van der Waals surface area (Å²) in [5, 5.41) is 4.41. The molecule has 1 saturated heterocycles. The van der Waals surface area contributed by atoms with Crippen LogP contribution in [0.4, 0.5) is 0 Å². The third-order valence-corrected chi connectivity index (χ3v) is 5.39. The molecule has 0 atom stereocenters. The highest BCUT2D eigenvalue weighted by atomic mass is 16.2. The normalized spacial score (nSPS) is 17.2. The van der Waals surface area contributed by atoms with E-state index in [1.54, 1.807) is 0 Å². The van der Waals surface area contributed by atoms with E-state index in [2.05, 4.69) is 5.10 Å². The minimum Gasteiger partial charge on any atom is -0.339 e. The first-order valence-electron chi connectivity index (χ1n) is 9.94. The lowest BCUT2D eigenvalue weighted by molar-refractivity contribution is -0.140. The maximum atomic E-state index is 12.6. The van der Waals surface area contributed by atoms with Crippen molar-refractivity contribution in [3.8, 4) is 5.69 Å². The summed E-state index contributed by atoms with van der Waals surface area (Å²) in [5.41, 5.74) is 2.09. The van der Waals surface area contributed by atoms with Crippen LogP contribution in [0.15, 0.2) is 42.7 Å². The van der Waals surface area contributed by atoms with Gasteiger partial charge >= 0.3 is 0 Å². The van der Waals surface area contributed by atoms with Gasteiger partial charge in [-0.05, 0) is 32.0 Å². The molecule has 1 aromatic heterocycles. The average Bonchev–Trinajstić information content (AvgIpc) is 3.47. The number of rotatable bonds is 6. The van der Waals surface area contributed by atoms with E-state index < -0.39 is 0 Å². The first kappa shape index (κ1) is 18.7. The number of benzene rings is 1. The number of hydrogen-bond acceptors (Lipinski definition) is 4. The second kappa shape index (κ2) is 8.14. The minimum atomic E-state index is 0.122. The van der Waals surface area contributed by atoms with Crippen LogP contribution in [-0.4, -0.2) is 76.1 Å². The van der Waals surface area contributed by atoms with Crippen molar-refractivity contribution in [3.05, 3.63) is 48.3 Å². The van der Waals surface area contributed by atoms with E-state index in [4.69, 9.17) is 0 Å². The molecule has 2 aromatic rings. The SMILES string of the molecule is CN(CC(=O)N1CCN(C(=O)C2CC2)CC1)Cc1cnn(-c2ccccc2)c1. The van der Waals surface area contributed by atoms with Gasteiger partial charge in [-0.25, -0.2) is 4.68 Å². The Morgan fingerprint density at radius 1 is 1.07 bits per heavy atom. The monoisotopic (exact) mass is 381 g/mol. The molecule has 0 N–H and O–H groups in total. The standard InChI is InChI=1S/C21H27N5O2/c1-23(14-17-13-22-26(15-17)19-5-3-2-4-6-19)16-20(27)24-9-11-25(12-10-24)21(28)18-7-8-18/h2-6,13,15,18H,7-12,14,16H2,1H3. The summed E-state index contributed by atoms with van der Waals surface area (Å²) in [4.78, 5) is 30.5. The number of aromatic nitrogens is 2. The van der Waals surface area contributed by atoms with Crippen LogP contribution in [0.25, 0.3) is 5.69 Å². The Morgan fingerprint density at radius 3 is 2.43 bits per heavy atom. The molecule has 0 bridgehead atoms. The summed E-state index contributed by atoms with van der Waals surface area (Å²) in [6, 6.07) is 9.98. The van der Waals surface area contributed by atoms with E-state index in [0.29, 0.717) is 39.3 Å². The lowest BCUT2D eigenvalue weighted by Crippen LogP contribution is -2.52. The molecule has 2 fully saturated rings. The number of para-hydroxylation sites is 1. The predicted molar refractivity (Wildman–Crippen MR) is 106 cm³/mol. The van der Waals surface area contributed by atoms with Crippen LogP contribution in [0.5, 0.6) is 0 Å². The summed E-state index contributed by atoms with van der Waals surface area (Å²) in [7, 11) is 1.95. The molecule has 0 spiro atoms. The van der Waals surface area contributed by atoms with E-state index in [9.17, 15) is 9.59 Å². The minimum absolute atomic E-state index is 0.122. The van der Waals surface area contributed by atoms with E-state index in [0.717, 1.165) is 24.1 Å². The molecule has 4 rings (SSSR count). The largest absolute Gasteiger partial charge is 0.339 e. The van der Waals surface area contributed by atoms with Gasteiger partial charge in [-0.3, -0.25) is 14.5 Å². The van der Waals surface area contributed by atoms with Crippen molar-refractivity contribution in [1.82, 2.24) is 24.5 Å². The third-order valence-electron chi connectivity index (χ3n) is 5.39. The first-order valence-corrected chi connectivity index (χ1v) is 9.94. The van der Waals surface area contributed by atoms with Gasteiger partial charge in [-0.1, -0.05) is 18.2 Å². The second-order valence-corrected chi connectivity index (χ2v) is 7.78. The molecule has 2 aliphatic rings. The number of carbonyl (C=O) groups is 2. The Morgan fingerprint density at radius 2 is 1.75 bits per heavy atom. The Bertz CT molecular complexity index is 822. The summed E-state index contributed by atoms with van der Waals surface area (Å²) in [6.07, 6.45) is 5.90. The van der Waals surface area contributed by atoms with Crippen LogP contribution in [0.3, 0.4) is 0 Å². The fraction of sp³-hybridized carbons (Fsp3) is 0.476. The van der Waals surface area contributed by atoms with Gasteiger partial charge in [0, 0.05) is 50.4 Å². The van der Waals surface area contributed by atoms with E-state index >= 15 is 0 Å². The zero-order valence-corrected chi connectivity index (χ0v) is 16.3. The van der Waals surface area contributed by atoms with Crippen LogP contribution in [-0.2, 0) is 16.1 Å². The molecule has 1 aliphatic carbocycles. The van der Waals surface area contributed by atoms with Gasteiger partial charge in [0.1, 0.15) is 0 Å². The third kappa shape index (κ3) is 4.42. The zero-order valence-electron chi connectivity index (χ0n) is 16.3. The van der Waals surface area contributed by atoms with Gasteiger partial charge in [0.05, 0.1) is 18.4 Å². The molecule has 7 nitrogen and oxygen atoms in total. The maximum absolute atomic E-state index is 12.6. The highest BCUT2D eigenvalue weighted by Gasteiger charge is 2.35. The van der Waals surface area contributed by atoms with Crippen molar-refractivity contribution < 1.29 is 9.59 Å². The average molecular weight is 381 g/mol. The van der Waals surface area contributed by atoms with E-state index in [-0.39, 0.29) is 17.7 Å². The van der Waals surface area contributed by atoms with Crippen molar-refractivity contribution in [2.75, 3.05) is 39.8 Å². The number of nitrogens with zero attached hydrogens (tertiary/aromatic N) is 5. The molecule has 0 radical (unpaired) electrons. The Balaban J connectivity index is 1.25. The highest BCUT2D eigenvalue weighted by molar-refractivity contribution is 5.82. The fourth-order valence-electron chi connectivity index (χ4n) is 3.63. The molecule has 7 heteroatoms. The maximum Gasteiger partial charge on any atom is 0.236 e. The summed E-state index contributed by atoms with van der Waals surface area (Å²) < 4.78 is 1.85. The molecule has 2 amide bonds. The van der Waals surface area contributed by atoms with Crippen LogP contribution in [0.1, 0.15) is 18.4 Å². The van der Waals surface area contributed by atoms with Gasteiger partial charge in [0.2, 0.25) is 11.8 Å². The molecular weight excluding hydrogens is 354 g/mol. The van der Waals surface area contributed by atoms with Gasteiger partial charge in [-0.15, -0.1) is 0 Å². The zero-order chi connectivity index (χ0) is 19.5. The number of likely N-dealkylation sites (N-methyl/N-ethyl adjacent to an activating group) is 1. The molecule has 1 saturated carbocycles. The summed E-state index contributed by atoms with van der Waals surface area (Å²) in [5.74, 6) is 0.654. The molecule has 1 aliphatic heterocycles. The van der Waals surface area contributed by atoms with Crippen molar-refractivity contribution in [2.45, 2.75) is 19.4 Å². The summed E-state index contributed by atoms with van der Waals surface area (Å²) >= 11 is 0. The highest BCUT2D eigenvalue weighted by Crippen LogP contribution is 2.31. The number of hydrogen-bond donors (Lipinski definition) is 0. The quantitative estimate of drug-likeness (QED) is 0.759. The van der Waals surface area contributed by atoms with Crippen LogP contribution < -0.4 is 0 Å². The van der Waals surface area contributed by atoms with Crippen molar-refractivity contribution >= 4 is 11.8 Å². The van der Waals surface area contributed by atoms with Gasteiger partial charge in [0.15, 0.2) is 0 Å². The number of amides is 2. The van der Waals surface area contributed by atoms with E-state index in [1.165, 1.54) is 0 Å². The van der Waals surface area contributed by atoms with Crippen molar-refractivity contribution in [3.63, 3.8) is 0 Å². The molecule has 2 heterocycles. The van der Waals surface area contributed by atoms with Crippen LogP contribution in [0, 0.1) is 5.92 Å². The number of carbonyl (C=O) groups excluding carboxylic acids is 2. The smallest absolute Gasteiger partial charge is 0.236 e. The van der Waals surface area contributed by atoms with Gasteiger partial charge in [-0.2, -0.15) is 5.10 Å². The van der Waals surface area contributed by atoms with Crippen molar-refractivity contribution in [2.24, 2.45) is 5.92 Å². The molecule has 28 heavy (non-hydrogen) atoms. The van der Waals surface area contributed by atoms with Crippen molar-refractivity contribution in [1.29, 1.82) is 0 Å². The van der Waals surface area contributed by atoms with E-state index in [1.807, 2.05) is 69.2 Å². The Kier molecular flexibility index (Phi) is 5.43. The van der Waals surface area contributed by atoms with Gasteiger partial charge in [0.25, 0.3) is 0 Å². The predicted octanol–water partition coefficient (Wildman–Crippen LogP) is 1.38. The summed E-state index contributed by atoms with van der Waals surface area (Å²) in [6.45, 7) is 3.63. The number of piperazine rings is 1. The molecule has 1 aromatic carbocycles. The molecule has 0 unspecified atom stereocenters. The van der Waals surface area contributed by atoms with Gasteiger partial charge < -0.3 is 9.80 Å². The fourth-order valence-corrected chi connectivity index (χ4v) is 3.63. The lowest BCUT2D eigenvalue weighted by atomic mass is 10.2. The topological polar surface area (TPSA) is 61.7 Å².